The van der Waals surface area contributed by atoms with Crippen LogP contribution in [-0.4, -0.2) is 33.7 Å². The molecule has 0 spiro atoms. The molecular formula is C20H28N4OS. The molecule has 0 bridgehead atoms. The molecule has 2 aromatic rings. The van der Waals surface area contributed by atoms with Gasteiger partial charge in [0.15, 0.2) is 0 Å². The van der Waals surface area contributed by atoms with Gasteiger partial charge in [-0.05, 0) is 44.7 Å². The number of likely N-dealkylation sites (tertiary alicyclic amines) is 1. The second-order valence-corrected chi connectivity index (χ2v) is 9.02. The van der Waals surface area contributed by atoms with Gasteiger partial charge in [-0.3, -0.25) is 9.69 Å². The molecule has 0 radical (unpaired) electrons. The van der Waals surface area contributed by atoms with E-state index in [1.54, 1.807) is 0 Å². The van der Waals surface area contributed by atoms with Gasteiger partial charge >= 0.3 is 0 Å². The first kappa shape index (κ1) is 17.7. The van der Waals surface area contributed by atoms with Gasteiger partial charge in [0.2, 0.25) is 5.91 Å². The number of rotatable bonds is 5. The van der Waals surface area contributed by atoms with Crippen LogP contribution < -0.4 is 5.32 Å². The zero-order valence-electron chi connectivity index (χ0n) is 15.5. The molecule has 0 atom stereocenters. The highest BCUT2D eigenvalue weighted by atomic mass is 32.1. The van der Waals surface area contributed by atoms with Crippen molar-refractivity contribution >= 4 is 23.1 Å². The minimum Gasteiger partial charge on any atom is -0.311 e. The van der Waals surface area contributed by atoms with E-state index in [0.29, 0.717) is 6.04 Å². The quantitative estimate of drug-likeness (QED) is 0.855. The average Bonchev–Trinajstić information content (AvgIpc) is 3.38. The highest BCUT2D eigenvalue weighted by molar-refractivity contribution is 7.11. The van der Waals surface area contributed by atoms with Crippen LogP contribution in [0.25, 0.3) is 0 Å². The van der Waals surface area contributed by atoms with E-state index in [1.165, 1.54) is 22.6 Å². The number of nitrogens with zero attached hydrogens (tertiary/aromatic N) is 3. The Bertz CT molecular complexity index is 739. The van der Waals surface area contributed by atoms with Crippen LogP contribution in [0.2, 0.25) is 0 Å². The van der Waals surface area contributed by atoms with Gasteiger partial charge in [0.05, 0.1) is 12.2 Å². The van der Waals surface area contributed by atoms with E-state index in [2.05, 4.69) is 34.4 Å². The zero-order valence-corrected chi connectivity index (χ0v) is 16.3. The lowest BCUT2D eigenvalue weighted by atomic mass is 10.0. The summed E-state index contributed by atoms with van der Waals surface area (Å²) in [7, 11) is 0. The van der Waals surface area contributed by atoms with Crippen molar-refractivity contribution in [2.24, 2.45) is 5.92 Å². The highest BCUT2D eigenvalue weighted by Crippen LogP contribution is 2.29. The van der Waals surface area contributed by atoms with E-state index in [1.807, 2.05) is 28.3 Å². The van der Waals surface area contributed by atoms with E-state index < -0.39 is 0 Å². The maximum atomic E-state index is 12.4. The number of carbonyl (C=O) groups excluding carboxylic acids is 1. The fraction of sp³-hybridized carbons (Fsp3) is 0.600. The van der Waals surface area contributed by atoms with Crippen molar-refractivity contribution in [2.45, 2.75) is 58.0 Å². The van der Waals surface area contributed by atoms with E-state index in [9.17, 15) is 4.79 Å². The number of aryl methyl sites for hydroxylation is 1. The lowest BCUT2D eigenvalue weighted by molar-refractivity contribution is -0.119. The average molecular weight is 373 g/mol. The van der Waals surface area contributed by atoms with Crippen LogP contribution in [0.4, 0.5) is 5.82 Å². The third-order valence-electron chi connectivity index (χ3n) is 5.73. The zero-order chi connectivity index (χ0) is 17.9. The summed E-state index contributed by atoms with van der Waals surface area (Å²) >= 11 is 1.89. The van der Waals surface area contributed by atoms with Crippen molar-refractivity contribution in [2.75, 3.05) is 18.4 Å². The molecule has 6 heteroatoms. The van der Waals surface area contributed by atoms with Crippen LogP contribution in [0, 0.1) is 12.8 Å². The molecule has 5 nitrogen and oxygen atoms in total. The van der Waals surface area contributed by atoms with E-state index in [-0.39, 0.29) is 11.8 Å². The minimum atomic E-state index is 0.176. The van der Waals surface area contributed by atoms with Crippen LogP contribution in [0.1, 0.15) is 54.3 Å². The van der Waals surface area contributed by atoms with Gasteiger partial charge in [-0.1, -0.05) is 12.8 Å². The molecule has 1 amide bonds. The molecule has 1 saturated heterocycles. The molecule has 1 saturated carbocycles. The third kappa shape index (κ3) is 4.01. The van der Waals surface area contributed by atoms with Crippen LogP contribution >= 0.6 is 11.3 Å². The summed E-state index contributed by atoms with van der Waals surface area (Å²) in [5, 5.41) is 7.65. The molecule has 3 heterocycles. The highest BCUT2D eigenvalue weighted by Gasteiger charge is 2.26. The van der Waals surface area contributed by atoms with Crippen molar-refractivity contribution in [3.63, 3.8) is 0 Å². The van der Waals surface area contributed by atoms with E-state index in [0.717, 1.165) is 51.1 Å². The Labute approximate surface area is 159 Å². The minimum absolute atomic E-state index is 0.176. The van der Waals surface area contributed by atoms with Crippen molar-refractivity contribution in [3.8, 4) is 0 Å². The monoisotopic (exact) mass is 372 g/mol. The first-order chi connectivity index (χ1) is 12.7. The topological polar surface area (TPSA) is 50.2 Å². The predicted molar refractivity (Wildman–Crippen MR) is 105 cm³/mol. The van der Waals surface area contributed by atoms with Gasteiger partial charge < -0.3 is 5.32 Å². The molecule has 2 aromatic heterocycles. The summed E-state index contributed by atoms with van der Waals surface area (Å²) in [6, 6.07) is 6.77. The molecule has 1 N–H and O–H groups in total. The number of piperidine rings is 1. The Hall–Kier alpha value is -1.66. The molecule has 140 valence electrons. The Kier molecular flexibility index (Phi) is 5.41. The number of nitrogens with one attached hydrogen (secondary N) is 1. The molecular weight excluding hydrogens is 344 g/mol. The summed E-state index contributed by atoms with van der Waals surface area (Å²) < 4.78 is 2.04. The maximum Gasteiger partial charge on any atom is 0.228 e. The summed E-state index contributed by atoms with van der Waals surface area (Å²) in [5.41, 5.74) is 0. The molecule has 26 heavy (non-hydrogen) atoms. The lowest BCUT2D eigenvalue weighted by Gasteiger charge is -2.32. The van der Waals surface area contributed by atoms with E-state index in [4.69, 9.17) is 0 Å². The van der Waals surface area contributed by atoms with Crippen LogP contribution in [0.15, 0.2) is 24.4 Å². The standard InChI is InChI=1S/C20H28N4OS/c1-15-6-7-18(26-15)14-23-12-9-17(10-13-23)24-19(8-11-21-24)22-20(25)16-4-2-3-5-16/h6-8,11,16-17H,2-5,9-10,12-14H2,1H3,(H,22,25). The van der Waals surface area contributed by atoms with Crippen molar-refractivity contribution in [1.82, 2.24) is 14.7 Å². The summed E-state index contributed by atoms with van der Waals surface area (Å²) in [6.07, 6.45) is 8.39. The Morgan fingerprint density at radius 2 is 1.96 bits per heavy atom. The van der Waals surface area contributed by atoms with Gasteiger partial charge in [0, 0.05) is 41.4 Å². The van der Waals surface area contributed by atoms with Crippen molar-refractivity contribution < 1.29 is 4.79 Å². The number of amides is 1. The smallest absolute Gasteiger partial charge is 0.228 e. The third-order valence-corrected chi connectivity index (χ3v) is 6.71. The summed E-state index contributed by atoms with van der Waals surface area (Å²) in [4.78, 5) is 17.8. The summed E-state index contributed by atoms with van der Waals surface area (Å²) in [5.74, 6) is 1.23. The Morgan fingerprint density at radius 1 is 1.19 bits per heavy atom. The Balaban J connectivity index is 1.33. The van der Waals surface area contributed by atoms with E-state index >= 15 is 0 Å². The van der Waals surface area contributed by atoms with Crippen LogP contribution in [0.3, 0.4) is 0 Å². The second kappa shape index (κ2) is 7.92. The lowest BCUT2D eigenvalue weighted by Crippen LogP contribution is -2.35. The van der Waals surface area contributed by atoms with Gasteiger partial charge in [-0.2, -0.15) is 5.10 Å². The van der Waals surface area contributed by atoms with Crippen molar-refractivity contribution in [3.05, 3.63) is 34.2 Å². The number of hydrogen-bond acceptors (Lipinski definition) is 4. The fourth-order valence-corrected chi connectivity index (χ4v) is 5.17. The van der Waals surface area contributed by atoms with Crippen LogP contribution in [0.5, 0.6) is 0 Å². The predicted octanol–water partition coefficient (Wildman–Crippen LogP) is 4.22. The number of aromatic nitrogens is 2. The Morgan fingerprint density at radius 3 is 2.65 bits per heavy atom. The molecule has 1 aliphatic carbocycles. The number of hydrogen-bond donors (Lipinski definition) is 1. The first-order valence-corrected chi connectivity index (χ1v) is 10.6. The van der Waals surface area contributed by atoms with Gasteiger partial charge in [0.25, 0.3) is 0 Å². The molecule has 0 unspecified atom stereocenters. The molecule has 0 aromatic carbocycles. The number of anilines is 1. The SMILES string of the molecule is Cc1ccc(CN2CCC(n3nccc3NC(=O)C3CCCC3)CC2)s1. The largest absolute Gasteiger partial charge is 0.311 e. The first-order valence-electron chi connectivity index (χ1n) is 9.81. The molecule has 2 aliphatic rings. The summed E-state index contributed by atoms with van der Waals surface area (Å²) in [6.45, 7) is 5.38. The van der Waals surface area contributed by atoms with Gasteiger partial charge in [-0.15, -0.1) is 11.3 Å². The fourth-order valence-electron chi connectivity index (χ4n) is 4.23. The van der Waals surface area contributed by atoms with Crippen molar-refractivity contribution in [1.29, 1.82) is 0 Å². The maximum absolute atomic E-state index is 12.4. The number of thiophene rings is 1. The van der Waals surface area contributed by atoms with Gasteiger partial charge in [0.1, 0.15) is 5.82 Å². The molecule has 1 aliphatic heterocycles. The molecule has 2 fully saturated rings. The normalized spacial score (nSPS) is 19.9. The number of carbonyl (C=O) groups is 1. The van der Waals surface area contributed by atoms with Crippen LogP contribution in [-0.2, 0) is 11.3 Å². The second-order valence-electron chi connectivity index (χ2n) is 7.65. The van der Waals surface area contributed by atoms with Gasteiger partial charge in [-0.25, -0.2) is 4.68 Å². The molecule has 4 rings (SSSR count).